The molecule has 0 spiro atoms. The van der Waals surface area contributed by atoms with E-state index in [-0.39, 0.29) is 0 Å². The lowest BCUT2D eigenvalue weighted by molar-refractivity contribution is 0.627. The summed E-state index contributed by atoms with van der Waals surface area (Å²) in [6.07, 6.45) is 4.30. The molecular weight excluding hydrogens is 242 g/mol. The number of nitrogens with zero attached hydrogens (tertiary/aromatic N) is 2. The predicted octanol–water partition coefficient (Wildman–Crippen LogP) is 3.32. The minimum Gasteiger partial charge on any atom is -0.399 e. The van der Waals surface area contributed by atoms with Crippen LogP contribution in [0, 0.1) is 0 Å². The van der Waals surface area contributed by atoms with Gasteiger partial charge in [0.05, 0.1) is 11.0 Å². The number of imidazole rings is 1. The molecule has 1 heterocycles. The van der Waals surface area contributed by atoms with Crippen LogP contribution < -0.4 is 5.73 Å². The fourth-order valence-electron chi connectivity index (χ4n) is 2.14. The minimum atomic E-state index is 0.681. The summed E-state index contributed by atoms with van der Waals surface area (Å²) in [4.78, 5) is 4.67. The standard InChI is InChI=1S/C14H21N3S/c1-4-14-16-12-9-11(15)5-6-13(12)17(14)8-7-10(2)18-3/h5-6,9-10H,4,7-8,15H2,1-3H3. The van der Waals surface area contributed by atoms with E-state index in [2.05, 4.69) is 35.7 Å². The first kappa shape index (κ1) is 13.3. The highest BCUT2D eigenvalue weighted by Gasteiger charge is 2.10. The lowest BCUT2D eigenvalue weighted by Crippen LogP contribution is -2.07. The zero-order valence-corrected chi connectivity index (χ0v) is 12.1. The van der Waals surface area contributed by atoms with Crippen molar-refractivity contribution >= 4 is 28.5 Å². The molecule has 0 amide bonds. The van der Waals surface area contributed by atoms with Crippen LogP contribution >= 0.6 is 11.8 Å². The molecule has 0 fully saturated rings. The summed E-state index contributed by atoms with van der Waals surface area (Å²) in [7, 11) is 0. The van der Waals surface area contributed by atoms with Gasteiger partial charge in [0.15, 0.2) is 0 Å². The van der Waals surface area contributed by atoms with E-state index in [9.17, 15) is 0 Å². The molecule has 1 atom stereocenters. The number of rotatable bonds is 5. The molecule has 1 aromatic heterocycles. The summed E-state index contributed by atoms with van der Waals surface area (Å²) >= 11 is 1.91. The van der Waals surface area contributed by atoms with Gasteiger partial charge in [0.1, 0.15) is 5.82 Å². The Morgan fingerprint density at radius 2 is 2.22 bits per heavy atom. The van der Waals surface area contributed by atoms with Crippen molar-refractivity contribution in [2.75, 3.05) is 12.0 Å². The summed E-state index contributed by atoms with van der Waals surface area (Å²) in [5.41, 5.74) is 8.82. The number of nitrogen functional groups attached to an aromatic ring is 1. The first-order valence-electron chi connectivity index (χ1n) is 6.43. The number of nitrogens with two attached hydrogens (primary N) is 1. The van der Waals surface area contributed by atoms with Crippen LogP contribution in [0.3, 0.4) is 0 Å². The molecule has 0 bridgehead atoms. The van der Waals surface area contributed by atoms with Crippen LogP contribution in [-0.4, -0.2) is 21.1 Å². The van der Waals surface area contributed by atoms with Crippen molar-refractivity contribution in [2.24, 2.45) is 0 Å². The van der Waals surface area contributed by atoms with Crippen LogP contribution in [0.15, 0.2) is 18.2 Å². The van der Waals surface area contributed by atoms with E-state index in [1.165, 1.54) is 11.9 Å². The number of fused-ring (bicyclic) bond motifs is 1. The fourth-order valence-corrected chi connectivity index (χ4v) is 2.49. The molecular formula is C14H21N3S. The van der Waals surface area contributed by atoms with Gasteiger partial charge in [-0.3, -0.25) is 0 Å². The van der Waals surface area contributed by atoms with E-state index < -0.39 is 0 Å². The van der Waals surface area contributed by atoms with Crippen LogP contribution in [0.4, 0.5) is 5.69 Å². The molecule has 3 nitrogen and oxygen atoms in total. The van der Waals surface area contributed by atoms with Gasteiger partial charge >= 0.3 is 0 Å². The predicted molar refractivity (Wildman–Crippen MR) is 81.1 cm³/mol. The number of hydrogen-bond acceptors (Lipinski definition) is 3. The van der Waals surface area contributed by atoms with E-state index in [1.54, 1.807) is 0 Å². The Morgan fingerprint density at radius 3 is 2.89 bits per heavy atom. The number of aryl methyl sites for hydroxylation is 2. The third-order valence-electron chi connectivity index (χ3n) is 3.33. The highest BCUT2D eigenvalue weighted by atomic mass is 32.2. The number of hydrogen-bond donors (Lipinski definition) is 1. The zero-order valence-electron chi connectivity index (χ0n) is 11.3. The lowest BCUT2D eigenvalue weighted by Gasteiger charge is -2.11. The molecule has 0 saturated heterocycles. The Labute approximate surface area is 113 Å². The van der Waals surface area contributed by atoms with E-state index in [0.29, 0.717) is 5.25 Å². The number of thioether (sulfide) groups is 1. The van der Waals surface area contributed by atoms with Crippen molar-refractivity contribution in [3.63, 3.8) is 0 Å². The molecule has 2 aromatic rings. The molecule has 1 aromatic carbocycles. The fraction of sp³-hybridized carbons (Fsp3) is 0.500. The van der Waals surface area contributed by atoms with E-state index >= 15 is 0 Å². The topological polar surface area (TPSA) is 43.8 Å². The molecule has 98 valence electrons. The van der Waals surface area contributed by atoms with Crippen molar-refractivity contribution in [3.8, 4) is 0 Å². The molecule has 2 rings (SSSR count). The van der Waals surface area contributed by atoms with Gasteiger partial charge in [-0.05, 0) is 30.9 Å². The van der Waals surface area contributed by atoms with Gasteiger partial charge < -0.3 is 10.3 Å². The average molecular weight is 263 g/mol. The van der Waals surface area contributed by atoms with Gasteiger partial charge in [0.2, 0.25) is 0 Å². The molecule has 0 aliphatic rings. The van der Waals surface area contributed by atoms with Crippen LogP contribution in [-0.2, 0) is 13.0 Å². The molecule has 0 radical (unpaired) electrons. The van der Waals surface area contributed by atoms with Crippen LogP contribution in [0.2, 0.25) is 0 Å². The maximum Gasteiger partial charge on any atom is 0.109 e. The van der Waals surface area contributed by atoms with E-state index in [0.717, 1.165) is 30.0 Å². The maximum atomic E-state index is 5.82. The Morgan fingerprint density at radius 1 is 1.44 bits per heavy atom. The number of anilines is 1. The van der Waals surface area contributed by atoms with Gasteiger partial charge in [0.25, 0.3) is 0 Å². The second-order valence-corrected chi connectivity index (χ2v) is 5.89. The molecule has 0 aliphatic heterocycles. The van der Waals surface area contributed by atoms with Crippen LogP contribution in [0.1, 0.15) is 26.1 Å². The summed E-state index contributed by atoms with van der Waals surface area (Å²) in [6, 6.07) is 6.00. The van der Waals surface area contributed by atoms with Gasteiger partial charge in [-0.15, -0.1) is 0 Å². The molecule has 4 heteroatoms. The van der Waals surface area contributed by atoms with Gasteiger partial charge in [-0.25, -0.2) is 4.98 Å². The maximum absolute atomic E-state index is 5.82. The highest BCUT2D eigenvalue weighted by Crippen LogP contribution is 2.21. The quantitative estimate of drug-likeness (QED) is 0.842. The third kappa shape index (κ3) is 2.64. The monoisotopic (exact) mass is 263 g/mol. The number of aromatic nitrogens is 2. The molecule has 1 unspecified atom stereocenters. The average Bonchev–Trinajstić information content (AvgIpc) is 2.72. The summed E-state index contributed by atoms with van der Waals surface area (Å²) in [5, 5.41) is 0.681. The Hall–Kier alpha value is -1.16. The van der Waals surface area contributed by atoms with Crippen LogP contribution in [0.25, 0.3) is 11.0 Å². The number of benzene rings is 1. The molecule has 2 N–H and O–H groups in total. The highest BCUT2D eigenvalue weighted by molar-refractivity contribution is 7.99. The van der Waals surface area contributed by atoms with E-state index in [4.69, 9.17) is 5.73 Å². The molecule has 0 aliphatic carbocycles. The summed E-state index contributed by atoms with van der Waals surface area (Å²) in [6.45, 7) is 5.46. The Bertz CT molecular complexity index is 533. The minimum absolute atomic E-state index is 0.681. The third-order valence-corrected chi connectivity index (χ3v) is 4.37. The van der Waals surface area contributed by atoms with Crippen LogP contribution in [0.5, 0.6) is 0 Å². The summed E-state index contributed by atoms with van der Waals surface area (Å²) in [5.74, 6) is 1.16. The van der Waals surface area contributed by atoms with Crippen molar-refractivity contribution < 1.29 is 0 Å². The largest absolute Gasteiger partial charge is 0.399 e. The normalized spacial score (nSPS) is 13.1. The molecule has 18 heavy (non-hydrogen) atoms. The smallest absolute Gasteiger partial charge is 0.109 e. The van der Waals surface area contributed by atoms with Gasteiger partial charge in [-0.2, -0.15) is 11.8 Å². The Balaban J connectivity index is 2.34. The SMILES string of the molecule is CCc1nc2cc(N)ccc2n1CCC(C)SC. The summed E-state index contributed by atoms with van der Waals surface area (Å²) < 4.78 is 2.33. The van der Waals surface area contributed by atoms with Gasteiger partial charge in [-0.1, -0.05) is 13.8 Å². The van der Waals surface area contributed by atoms with Crippen molar-refractivity contribution in [1.82, 2.24) is 9.55 Å². The first-order valence-corrected chi connectivity index (χ1v) is 7.72. The lowest BCUT2D eigenvalue weighted by atomic mass is 10.2. The second-order valence-electron chi connectivity index (χ2n) is 4.62. The van der Waals surface area contributed by atoms with Crippen molar-refractivity contribution in [1.29, 1.82) is 0 Å². The Kier molecular flexibility index (Phi) is 4.17. The second kappa shape index (κ2) is 5.65. The first-order chi connectivity index (χ1) is 8.65. The molecule has 0 saturated carbocycles. The van der Waals surface area contributed by atoms with Crippen molar-refractivity contribution in [2.45, 2.75) is 38.5 Å². The van der Waals surface area contributed by atoms with Gasteiger partial charge in [0, 0.05) is 23.9 Å². The van der Waals surface area contributed by atoms with Crippen molar-refractivity contribution in [3.05, 3.63) is 24.0 Å². The van der Waals surface area contributed by atoms with E-state index in [1.807, 2.05) is 23.9 Å². The zero-order chi connectivity index (χ0) is 13.1.